The molecule has 0 unspecified atom stereocenters. The van der Waals surface area contributed by atoms with Gasteiger partial charge >= 0.3 is 0 Å². The molecule has 13 rings (SSSR count). The van der Waals surface area contributed by atoms with Gasteiger partial charge in [-0.05, 0) is 76.1 Å². The molecule has 0 aliphatic rings. The lowest BCUT2D eigenvalue weighted by Crippen LogP contribution is -2.01. The molecule has 0 radical (unpaired) electrons. The first-order valence-electron chi connectivity index (χ1n) is 20.3. The first-order chi connectivity index (χ1) is 30.2. The number of hydrogen-bond acceptors (Lipinski definition) is 6. The number of fused-ring (bicyclic) bond motifs is 11. The summed E-state index contributed by atoms with van der Waals surface area (Å²) in [6.07, 6.45) is 0. The number of oxazole rings is 1. The number of benzene rings is 9. The van der Waals surface area contributed by atoms with Gasteiger partial charge in [-0.2, -0.15) is 0 Å². The Hall–Kier alpha value is -8.42. The van der Waals surface area contributed by atoms with Crippen molar-refractivity contribution < 1.29 is 8.83 Å². The molecule has 0 amide bonds. The van der Waals surface area contributed by atoms with Crippen LogP contribution in [0.3, 0.4) is 0 Å². The zero-order valence-corrected chi connectivity index (χ0v) is 32.5. The molecule has 0 saturated carbocycles. The molecule has 284 valence electrons. The molecule has 0 fully saturated rings. The van der Waals surface area contributed by atoms with Crippen LogP contribution in [0.5, 0.6) is 0 Å². The zero-order valence-electron chi connectivity index (χ0n) is 32.5. The Bertz CT molecular complexity index is 3840. The molecule has 61 heavy (non-hydrogen) atoms. The molecule has 7 heteroatoms. The van der Waals surface area contributed by atoms with E-state index < -0.39 is 0 Å². The van der Waals surface area contributed by atoms with Crippen molar-refractivity contribution in [3.8, 4) is 51.3 Å². The van der Waals surface area contributed by atoms with Crippen LogP contribution < -0.4 is 0 Å². The summed E-state index contributed by atoms with van der Waals surface area (Å²) < 4.78 is 15.5. The quantitative estimate of drug-likeness (QED) is 0.173. The Balaban J connectivity index is 1.00. The molecule has 0 bridgehead atoms. The van der Waals surface area contributed by atoms with E-state index in [9.17, 15) is 0 Å². The number of aromatic nitrogens is 5. The second kappa shape index (κ2) is 13.0. The molecule has 0 saturated heterocycles. The lowest BCUT2D eigenvalue weighted by Gasteiger charge is -2.12. The van der Waals surface area contributed by atoms with Gasteiger partial charge in [-0.3, -0.25) is 0 Å². The molecule has 13 aromatic rings. The maximum absolute atomic E-state index is 6.71. The lowest BCUT2D eigenvalue weighted by atomic mass is 10.0. The van der Waals surface area contributed by atoms with E-state index in [0.717, 1.165) is 88.0 Å². The highest BCUT2D eigenvalue weighted by molar-refractivity contribution is 6.25. The first-order valence-corrected chi connectivity index (χ1v) is 20.3. The van der Waals surface area contributed by atoms with Gasteiger partial charge in [-0.15, -0.1) is 0 Å². The van der Waals surface area contributed by atoms with Gasteiger partial charge in [-0.1, -0.05) is 133 Å². The summed E-state index contributed by atoms with van der Waals surface area (Å²) in [6, 6.07) is 64.6. The first kappa shape index (κ1) is 33.5. The smallest absolute Gasteiger partial charge is 0.227 e. The van der Waals surface area contributed by atoms with Gasteiger partial charge in [0.05, 0.1) is 16.4 Å². The van der Waals surface area contributed by atoms with Gasteiger partial charge < -0.3 is 13.4 Å². The van der Waals surface area contributed by atoms with Gasteiger partial charge in [0.2, 0.25) is 5.89 Å². The molecule has 4 heterocycles. The zero-order chi connectivity index (χ0) is 40.0. The number of hydrogen-bond donors (Lipinski definition) is 0. The third kappa shape index (κ3) is 5.24. The highest BCUT2D eigenvalue weighted by Crippen LogP contribution is 2.42. The van der Waals surface area contributed by atoms with E-state index in [-0.39, 0.29) is 0 Å². The predicted molar refractivity (Wildman–Crippen MR) is 246 cm³/mol. The Kier molecular flexibility index (Phi) is 7.17. The van der Waals surface area contributed by atoms with E-state index in [4.69, 9.17) is 28.8 Å². The number of furan rings is 1. The monoisotopic (exact) mass is 781 g/mol. The molecule has 4 aromatic heterocycles. The summed E-state index contributed by atoms with van der Waals surface area (Å²) in [6.45, 7) is 0. The second-order valence-electron chi connectivity index (χ2n) is 15.4. The minimum absolute atomic E-state index is 0.570. The van der Waals surface area contributed by atoms with E-state index in [0.29, 0.717) is 28.9 Å². The lowest BCUT2D eigenvalue weighted by molar-refractivity contribution is 0.623. The summed E-state index contributed by atoms with van der Waals surface area (Å²) >= 11 is 0. The van der Waals surface area contributed by atoms with Crippen molar-refractivity contribution in [2.24, 2.45) is 0 Å². The Labute approximate surface area is 347 Å². The molecular weight excluding hydrogens is 751 g/mol. The highest BCUT2D eigenvalue weighted by atomic mass is 16.4. The summed E-state index contributed by atoms with van der Waals surface area (Å²) in [5, 5.41) is 8.54. The largest absolute Gasteiger partial charge is 0.456 e. The van der Waals surface area contributed by atoms with Gasteiger partial charge in [0.1, 0.15) is 16.7 Å². The molecule has 0 aliphatic carbocycles. The Morgan fingerprint density at radius 2 is 0.967 bits per heavy atom. The topological polar surface area (TPSA) is 82.8 Å². The normalized spacial score (nSPS) is 11.9. The van der Waals surface area contributed by atoms with Crippen molar-refractivity contribution in [1.29, 1.82) is 0 Å². The third-order valence-electron chi connectivity index (χ3n) is 11.9. The Morgan fingerprint density at radius 1 is 0.377 bits per heavy atom. The fourth-order valence-electron chi connectivity index (χ4n) is 9.06. The van der Waals surface area contributed by atoms with Crippen LogP contribution in [0, 0.1) is 0 Å². The van der Waals surface area contributed by atoms with Crippen LogP contribution in [0.1, 0.15) is 0 Å². The summed E-state index contributed by atoms with van der Waals surface area (Å²) in [5.41, 5.74) is 9.86. The molecule has 9 aromatic carbocycles. The van der Waals surface area contributed by atoms with Crippen LogP contribution in [-0.2, 0) is 0 Å². The summed E-state index contributed by atoms with van der Waals surface area (Å²) in [4.78, 5) is 20.4. The van der Waals surface area contributed by atoms with Crippen LogP contribution in [-0.4, -0.2) is 24.5 Å². The van der Waals surface area contributed by atoms with Gasteiger partial charge in [0, 0.05) is 44.1 Å². The molecule has 0 spiro atoms. The molecule has 7 nitrogen and oxygen atoms in total. The van der Waals surface area contributed by atoms with E-state index in [1.54, 1.807) is 0 Å². The van der Waals surface area contributed by atoms with Crippen molar-refractivity contribution in [2.45, 2.75) is 0 Å². The third-order valence-corrected chi connectivity index (χ3v) is 11.9. The van der Waals surface area contributed by atoms with Crippen molar-refractivity contribution in [2.75, 3.05) is 0 Å². The van der Waals surface area contributed by atoms with Crippen molar-refractivity contribution >= 4 is 76.4 Å². The minimum Gasteiger partial charge on any atom is -0.456 e. The van der Waals surface area contributed by atoms with E-state index in [1.807, 2.05) is 66.7 Å². The van der Waals surface area contributed by atoms with Crippen LogP contribution in [0.25, 0.3) is 128 Å². The maximum atomic E-state index is 6.71. The van der Waals surface area contributed by atoms with Crippen LogP contribution in [0.15, 0.2) is 197 Å². The molecule has 0 atom stereocenters. The standard InChI is InChI=1S/C54H31N5O2/c1-2-13-34(14-3-1)51-56-52(35-16-10-17-37(30-35)59-44-22-8-6-19-39(44)40-20-7-9-23-45(40)59)58-53(57-51)36-25-24-33-26-28-46-48(42(33)31-36)49-47(60-46)29-27-43-50(49)61-54(55-43)41-21-11-15-32-12-4-5-18-38(32)41/h1-31H. The van der Waals surface area contributed by atoms with Crippen LogP contribution in [0.2, 0.25) is 0 Å². The summed E-state index contributed by atoms with van der Waals surface area (Å²) in [7, 11) is 0. The highest BCUT2D eigenvalue weighted by Gasteiger charge is 2.21. The van der Waals surface area contributed by atoms with E-state index >= 15 is 0 Å². The molecule has 0 N–H and O–H groups in total. The van der Waals surface area contributed by atoms with Gasteiger partial charge in [0.15, 0.2) is 23.1 Å². The SMILES string of the molecule is c1ccc(-c2nc(-c3cccc(-n4c5ccccc5c5ccccc54)c3)nc(-c3ccc4ccc5oc6ccc7nc(-c8cccc9ccccc89)oc7c6c5c4c3)n2)cc1. The minimum atomic E-state index is 0.570. The second-order valence-corrected chi connectivity index (χ2v) is 15.4. The molecule has 0 aliphatic heterocycles. The fourth-order valence-corrected chi connectivity index (χ4v) is 9.06. The van der Waals surface area contributed by atoms with Crippen molar-refractivity contribution in [3.05, 3.63) is 188 Å². The van der Waals surface area contributed by atoms with E-state index in [2.05, 4.69) is 126 Å². The van der Waals surface area contributed by atoms with Crippen LogP contribution >= 0.6 is 0 Å². The maximum Gasteiger partial charge on any atom is 0.227 e. The fraction of sp³-hybridized carbons (Fsp3) is 0. The predicted octanol–water partition coefficient (Wildman–Crippen LogP) is 14.0. The van der Waals surface area contributed by atoms with Crippen molar-refractivity contribution in [3.63, 3.8) is 0 Å². The van der Waals surface area contributed by atoms with Gasteiger partial charge in [0.25, 0.3) is 0 Å². The number of para-hydroxylation sites is 2. The average molecular weight is 782 g/mol. The van der Waals surface area contributed by atoms with E-state index in [1.165, 1.54) is 10.8 Å². The number of rotatable bonds is 5. The van der Waals surface area contributed by atoms with Crippen molar-refractivity contribution in [1.82, 2.24) is 24.5 Å². The average Bonchev–Trinajstić information content (AvgIpc) is 4.03. The number of nitrogens with zero attached hydrogens (tertiary/aromatic N) is 5. The van der Waals surface area contributed by atoms with Crippen LogP contribution in [0.4, 0.5) is 0 Å². The molecular formula is C54H31N5O2. The van der Waals surface area contributed by atoms with Gasteiger partial charge in [-0.25, -0.2) is 19.9 Å². The summed E-state index contributed by atoms with van der Waals surface area (Å²) in [5.74, 6) is 2.32. The Morgan fingerprint density at radius 3 is 1.77 bits per heavy atom.